The number of esters is 1. The highest BCUT2D eigenvalue weighted by Gasteiger charge is 2.34. The van der Waals surface area contributed by atoms with E-state index in [9.17, 15) is 4.79 Å². The molecule has 1 aromatic carbocycles. The Morgan fingerprint density at radius 1 is 1.31 bits per heavy atom. The summed E-state index contributed by atoms with van der Waals surface area (Å²) in [5.41, 5.74) is 2.25. The number of para-hydroxylation sites is 2. The molecule has 1 fully saturated rings. The minimum atomic E-state index is -0.106. The van der Waals surface area contributed by atoms with Gasteiger partial charge in [0.05, 0.1) is 7.05 Å². The fourth-order valence-corrected chi connectivity index (χ4v) is 4.63. The lowest BCUT2D eigenvalue weighted by molar-refractivity contribution is -0.653. The maximum Gasteiger partial charge on any atom is 0.348 e. The molecule has 0 spiro atoms. The van der Waals surface area contributed by atoms with Gasteiger partial charge in [-0.1, -0.05) is 46.2 Å². The molecule has 1 saturated carbocycles. The number of hydrogen-bond acceptors (Lipinski definition) is 2. The number of nitrogens with zero attached hydrogens (tertiary/aromatic N) is 2. The van der Waals surface area contributed by atoms with E-state index in [2.05, 4.69) is 56.0 Å². The van der Waals surface area contributed by atoms with E-state index in [1.54, 1.807) is 0 Å². The summed E-state index contributed by atoms with van der Waals surface area (Å²) in [4.78, 5) is 12.8. The second-order valence-corrected chi connectivity index (χ2v) is 8.26. The number of hydrogen-bond donors (Lipinski definition) is 0. The summed E-state index contributed by atoms with van der Waals surface area (Å²) >= 11 is 0. The lowest BCUT2D eigenvalue weighted by atomic mass is 9.75. The van der Waals surface area contributed by atoms with E-state index in [0.717, 1.165) is 29.7 Å². The number of imidazole rings is 1. The molecule has 1 aliphatic rings. The molecule has 3 rings (SSSR count). The van der Waals surface area contributed by atoms with Gasteiger partial charge in [-0.25, -0.2) is 13.9 Å². The number of benzene rings is 1. The second kappa shape index (κ2) is 7.81. The van der Waals surface area contributed by atoms with Crippen LogP contribution in [0.15, 0.2) is 24.3 Å². The van der Waals surface area contributed by atoms with Crippen molar-refractivity contribution >= 4 is 17.0 Å². The Morgan fingerprint density at radius 2 is 2.04 bits per heavy atom. The molecular weight excluding hydrogens is 324 g/mol. The predicted octanol–water partition coefficient (Wildman–Crippen LogP) is 4.03. The highest BCUT2D eigenvalue weighted by atomic mass is 16.5. The first-order valence-electron chi connectivity index (χ1n) is 10.1. The van der Waals surface area contributed by atoms with Gasteiger partial charge < -0.3 is 4.74 Å². The molecule has 142 valence electrons. The van der Waals surface area contributed by atoms with Crippen molar-refractivity contribution < 1.29 is 14.1 Å². The summed E-state index contributed by atoms with van der Waals surface area (Å²) < 4.78 is 10.3. The summed E-state index contributed by atoms with van der Waals surface area (Å²) in [6, 6.07) is 8.26. The van der Waals surface area contributed by atoms with E-state index < -0.39 is 0 Å². The average molecular weight is 358 g/mol. The van der Waals surface area contributed by atoms with E-state index in [4.69, 9.17) is 4.74 Å². The zero-order valence-electron chi connectivity index (χ0n) is 16.9. The number of ether oxygens (including phenoxy) is 1. The normalized spacial score (nSPS) is 23.5. The van der Waals surface area contributed by atoms with Gasteiger partial charge in [-0.15, -0.1) is 0 Å². The Labute approximate surface area is 157 Å². The zero-order chi connectivity index (χ0) is 18.8. The largest absolute Gasteiger partial charge is 0.459 e. The van der Waals surface area contributed by atoms with Crippen LogP contribution >= 0.6 is 0 Å². The number of aromatic nitrogens is 2. The minimum Gasteiger partial charge on any atom is -0.459 e. The molecule has 0 unspecified atom stereocenters. The third-order valence-corrected chi connectivity index (χ3v) is 6.08. The van der Waals surface area contributed by atoms with Crippen molar-refractivity contribution in [3.05, 3.63) is 30.1 Å². The average Bonchev–Trinajstić information content (AvgIpc) is 2.86. The Hall–Kier alpha value is -1.84. The van der Waals surface area contributed by atoms with E-state index in [1.807, 2.05) is 12.1 Å². The van der Waals surface area contributed by atoms with Crippen molar-refractivity contribution in [3.8, 4) is 0 Å². The molecule has 1 aromatic heterocycles. The number of carbonyl (C=O) groups excluding carboxylic acids is 1. The number of aryl methyl sites for hydroxylation is 1. The molecule has 2 aromatic rings. The van der Waals surface area contributed by atoms with Gasteiger partial charge in [-0.05, 0) is 42.7 Å². The van der Waals surface area contributed by atoms with Crippen LogP contribution in [0.2, 0.25) is 0 Å². The third kappa shape index (κ3) is 3.65. The van der Waals surface area contributed by atoms with Crippen LogP contribution in [0.5, 0.6) is 0 Å². The molecule has 1 aliphatic carbocycles. The number of rotatable bonds is 5. The van der Waals surface area contributed by atoms with Crippen LogP contribution in [-0.2, 0) is 29.5 Å². The summed E-state index contributed by atoms with van der Waals surface area (Å²) in [5.74, 6) is 2.72. The van der Waals surface area contributed by atoms with Crippen molar-refractivity contribution in [1.29, 1.82) is 0 Å². The van der Waals surface area contributed by atoms with E-state index >= 15 is 0 Å². The molecular formula is C22H33N2O2+. The fourth-order valence-electron chi connectivity index (χ4n) is 4.63. The lowest BCUT2D eigenvalue weighted by Crippen LogP contribution is -2.37. The van der Waals surface area contributed by atoms with Crippen LogP contribution in [0.3, 0.4) is 0 Å². The number of fused-ring (bicyclic) bond motifs is 1. The first kappa shape index (κ1) is 18.9. The van der Waals surface area contributed by atoms with E-state index in [-0.39, 0.29) is 12.1 Å². The van der Waals surface area contributed by atoms with Gasteiger partial charge in [0, 0.05) is 6.42 Å². The SMILES string of the molecule is CCc1n(CC(=O)O[C@@H]2C[C@H](C)CC[C@H]2C(C)C)c2ccccc2[n+]1C. The van der Waals surface area contributed by atoms with E-state index in [1.165, 1.54) is 12.8 Å². The van der Waals surface area contributed by atoms with Gasteiger partial charge in [-0.2, -0.15) is 0 Å². The molecule has 0 radical (unpaired) electrons. The van der Waals surface area contributed by atoms with Crippen LogP contribution < -0.4 is 4.57 Å². The molecule has 4 heteroatoms. The molecule has 0 bridgehead atoms. The Bertz CT molecular complexity index is 778. The van der Waals surface area contributed by atoms with Crippen LogP contribution in [0.4, 0.5) is 0 Å². The highest BCUT2D eigenvalue weighted by Crippen LogP contribution is 2.35. The van der Waals surface area contributed by atoms with Gasteiger partial charge in [0.15, 0.2) is 17.6 Å². The van der Waals surface area contributed by atoms with Crippen LogP contribution in [0.25, 0.3) is 11.0 Å². The summed E-state index contributed by atoms with van der Waals surface area (Å²) in [7, 11) is 2.07. The fraction of sp³-hybridized carbons (Fsp3) is 0.636. The van der Waals surface area contributed by atoms with Crippen molar-refractivity contribution in [2.45, 2.75) is 66.0 Å². The van der Waals surface area contributed by atoms with Crippen LogP contribution in [-0.4, -0.2) is 16.6 Å². The molecule has 0 amide bonds. The van der Waals surface area contributed by atoms with Crippen molar-refractivity contribution in [1.82, 2.24) is 4.57 Å². The van der Waals surface area contributed by atoms with Gasteiger partial charge in [0.2, 0.25) is 0 Å². The standard InChI is InChI=1S/C22H33N2O2/c1-6-21-23(5)18-9-7-8-10-19(18)24(21)14-22(25)26-20-13-16(4)11-12-17(20)15(2)3/h7-10,15-17,20H,6,11-14H2,1-5H3/q+1/t16-,17+,20-/m1/s1. The third-order valence-electron chi connectivity index (χ3n) is 6.08. The molecule has 26 heavy (non-hydrogen) atoms. The van der Waals surface area contributed by atoms with Gasteiger partial charge in [0.1, 0.15) is 6.10 Å². The van der Waals surface area contributed by atoms with Gasteiger partial charge in [-0.3, -0.25) is 0 Å². The van der Waals surface area contributed by atoms with Crippen molar-refractivity contribution in [2.75, 3.05) is 0 Å². The second-order valence-electron chi connectivity index (χ2n) is 8.26. The smallest absolute Gasteiger partial charge is 0.348 e. The summed E-state index contributed by atoms with van der Waals surface area (Å²) in [6.45, 7) is 9.19. The topological polar surface area (TPSA) is 35.1 Å². The van der Waals surface area contributed by atoms with Gasteiger partial charge >= 0.3 is 5.97 Å². The maximum atomic E-state index is 12.8. The minimum absolute atomic E-state index is 0.0619. The molecule has 0 N–H and O–H groups in total. The first-order chi connectivity index (χ1) is 12.4. The van der Waals surface area contributed by atoms with E-state index in [0.29, 0.717) is 24.3 Å². The highest BCUT2D eigenvalue weighted by molar-refractivity contribution is 5.76. The van der Waals surface area contributed by atoms with Crippen molar-refractivity contribution in [3.63, 3.8) is 0 Å². The molecule has 1 heterocycles. The molecule has 0 saturated heterocycles. The van der Waals surface area contributed by atoms with Crippen molar-refractivity contribution in [2.24, 2.45) is 24.8 Å². The molecule has 3 atom stereocenters. The quantitative estimate of drug-likeness (QED) is 0.598. The predicted molar refractivity (Wildman–Crippen MR) is 104 cm³/mol. The summed E-state index contributed by atoms with van der Waals surface area (Å²) in [5, 5.41) is 0. The first-order valence-corrected chi connectivity index (χ1v) is 10.1. The lowest BCUT2D eigenvalue weighted by Gasteiger charge is -2.36. The monoisotopic (exact) mass is 357 g/mol. The molecule has 0 aliphatic heterocycles. The van der Waals surface area contributed by atoms with Crippen LogP contribution in [0.1, 0.15) is 52.8 Å². The number of carbonyl (C=O) groups is 1. The zero-order valence-corrected chi connectivity index (χ0v) is 16.9. The van der Waals surface area contributed by atoms with Gasteiger partial charge in [0.25, 0.3) is 5.82 Å². The molecule has 4 nitrogen and oxygen atoms in total. The Kier molecular flexibility index (Phi) is 5.69. The Morgan fingerprint density at radius 3 is 2.73 bits per heavy atom. The van der Waals surface area contributed by atoms with Crippen LogP contribution in [0, 0.1) is 17.8 Å². The Balaban J connectivity index is 1.81. The summed E-state index contributed by atoms with van der Waals surface area (Å²) in [6.07, 6.45) is 4.35. The maximum absolute atomic E-state index is 12.8.